The van der Waals surface area contributed by atoms with E-state index in [0.29, 0.717) is 90.8 Å². The lowest BCUT2D eigenvalue weighted by molar-refractivity contribution is -0.384. The highest BCUT2D eigenvalue weighted by Crippen LogP contribution is 2.17. The Labute approximate surface area is 222 Å². The van der Waals surface area contributed by atoms with Crippen molar-refractivity contribution in [2.45, 2.75) is 6.92 Å². The molecule has 0 aliphatic heterocycles. The quantitative estimate of drug-likeness (QED) is 0.136. The molecule has 2 aromatic carbocycles. The van der Waals surface area contributed by atoms with Crippen LogP contribution in [-0.2, 0) is 28.5 Å². The zero-order valence-electron chi connectivity index (χ0n) is 21.6. The number of nitro groups is 1. The molecule has 0 aliphatic rings. The van der Waals surface area contributed by atoms with Gasteiger partial charge in [0.15, 0.2) is 0 Å². The van der Waals surface area contributed by atoms with Crippen molar-refractivity contribution in [1.29, 1.82) is 0 Å². The van der Waals surface area contributed by atoms with Crippen molar-refractivity contribution in [3.63, 3.8) is 0 Å². The van der Waals surface area contributed by atoms with Crippen molar-refractivity contribution in [2.75, 3.05) is 84.6 Å². The molecule has 2 aromatic rings. The van der Waals surface area contributed by atoms with Gasteiger partial charge in [-0.15, -0.1) is 0 Å². The maximum Gasteiger partial charge on any atom is 0.269 e. The molecule has 12 nitrogen and oxygen atoms in total. The van der Waals surface area contributed by atoms with Gasteiger partial charge in [0, 0.05) is 24.7 Å². The second-order valence-electron chi connectivity index (χ2n) is 7.72. The summed E-state index contributed by atoms with van der Waals surface area (Å²) in [4.78, 5) is 21.2. The fraction of sp³-hybridized carbons (Fsp3) is 0.500. The van der Waals surface area contributed by atoms with Crippen LogP contribution in [0.4, 0.5) is 11.4 Å². The Bertz CT molecular complexity index is 909. The summed E-state index contributed by atoms with van der Waals surface area (Å²) in [6.45, 7) is 6.74. The summed E-state index contributed by atoms with van der Waals surface area (Å²) in [5.74, 6) is 1.15. The number of amides is 1. The molecule has 1 amide bonds. The van der Waals surface area contributed by atoms with E-state index in [-0.39, 0.29) is 11.6 Å². The summed E-state index contributed by atoms with van der Waals surface area (Å²) in [5.41, 5.74) is 0.748. The van der Waals surface area contributed by atoms with Crippen molar-refractivity contribution >= 4 is 17.3 Å². The van der Waals surface area contributed by atoms with E-state index in [1.807, 2.05) is 0 Å². The average molecular weight is 537 g/mol. The maximum atomic E-state index is 11.0. The van der Waals surface area contributed by atoms with Crippen LogP contribution in [0, 0.1) is 10.1 Å². The predicted molar refractivity (Wildman–Crippen MR) is 139 cm³/mol. The van der Waals surface area contributed by atoms with Gasteiger partial charge in [-0.05, 0) is 36.4 Å². The number of carbonyl (C=O) groups is 1. The third-order valence-electron chi connectivity index (χ3n) is 4.70. The van der Waals surface area contributed by atoms with Crippen LogP contribution in [0.5, 0.6) is 11.5 Å². The lowest BCUT2D eigenvalue weighted by Gasteiger charge is -2.09. The number of carbonyl (C=O) groups excluding carboxylic acids is 1. The maximum absolute atomic E-state index is 11.0. The Morgan fingerprint density at radius 2 is 0.974 bits per heavy atom. The van der Waals surface area contributed by atoms with Gasteiger partial charge in [-0.3, -0.25) is 14.9 Å². The van der Waals surface area contributed by atoms with Crippen LogP contribution in [0.1, 0.15) is 6.92 Å². The number of nitrogens with one attached hydrogen (secondary N) is 1. The minimum atomic E-state index is -0.455. The van der Waals surface area contributed by atoms with Crippen LogP contribution in [0.25, 0.3) is 0 Å². The normalized spacial score (nSPS) is 10.8. The van der Waals surface area contributed by atoms with Gasteiger partial charge in [0.05, 0.1) is 71.0 Å². The summed E-state index contributed by atoms with van der Waals surface area (Å²) in [5, 5.41) is 13.3. The first-order valence-electron chi connectivity index (χ1n) is 12.3. The smallest absolute Gasteiger partial charge is 0.269 e. The van der Waals surface area contributed by atoms with Crippen molar-refractivity contribution in [3.8, 4) is 11.5 Å². The lowest BCUT2D eigenvalue weighted by atomic mass is 10.3. The van der Waals surface area contributed by atoms with Crippen molar-refractivity contribution in [1.82, 2.24) is 0 Å². The Morgan fingerprint density at radius 3 is 1.32 bits per heavy atom. The molecular weight excluding hydrogens is 500 g/mol. The van der Waals surface area contributed by atoms with Crippen molar-refractivity contribution < 1.29 is 42.9 Å². The third-order valence-corrected chi connectivity index (χ3v) is 4.70. The van der Waals surface area contributed by atoms with E-state index in [4.69, 9.17) is 33.2 Å². The number of nitrogens with zero attached hydrogens (tertiary/aromatic N) is 1. The molecule has 12 heteroatoms. The van der Waals surface area contributed by atoms with Crippen LogP contribution in [0.15, 0.2) is 48.5 Å². The minimum Gasteiger partial charge on any atom is -0.491 e. The summed E-state index contributed by atoms with van der Waals surface area (Å²) in [6, 6.07) is 13.0. The number of nitro benzene ring substituents is 1. The van der Waals surface area contributed by atoms with Gasteiger partial charge >= 0.3 is 0 Å². The fourth-order valence-electron chi connectivity index (χ4n) is 2.92. The number of ether oxygens (including phenoxy) is 7. The van der Waals surface area contributed by atoms with Crippen LogP contribution in [0.3, 0.4) is 0 Å². The van der Waals surface area contributed by atoms with Gasteiger partial charge in [-0.1, -0.05) is 0 Å². The molecule has 0 atom stereocenters. The standard InChI is InChI=1S/C26H36N2O10/c1-22(29)27-23-2-6-25(7-3-23)37-20-18-35-16-14-33-12-10-32-11-13-34-15-17-36-19-21-38-26-8-4-24(5-9-26)28(30)31/h2-9H,10-21H2,1H3,(H,27,29). The number of hydrogen-bond donors (Lipinski definition) is 1. The predicted octanol–water partition coefficient (Wildman–Crippen LogP) is 3.09. The second-order valence-corrected chi connectivity index (χ2v) is 7.72. The van der Waals surface area contributed by atoms with Gasteiger partial charge in [0.2, 0.25) is 5.91 Å². The van der Waals surface area contributed by atoms with E-state index in [1.165, 1.54) is 19.1 Å². The van der Waals surface area contributed by atoms with Gasteiger partial charge in [-0.2, -0.15) is 0 Å². The molecule has 0 spiro atoms. The van der Waals surface area contributed by atoms with Gasteiger partial charge < -0.3 is 38.5 Å². The highest BCUT2D eigenvalue weighted by Gasteiger charge is 2.04. The molecule has 0 bridgehead atoms. The summed E-state index contributed by atoms with van der Waals surface area (Å²) in [7, 11) is 0. The van der Waals surface area contributed by atoms with Gasteiger partial charge in [-0.25, -0.2) is 0 Å². The van der Waals surface area contributed by atoms with Gasteiger partial charge in [0.25, 0.3) is 5.69 Å². The molecule has 0 unspecified atom stereocenters. The number of anilines is 1. The van der Waals surface area contributed by atoms with Crippen LogP contribution in [-0.4, -0.2) is 90.1 Å². The largest absolute Gasteiger partial charge is 0.491 e. The summed E-state index contributed by atoms with van der Waals surface area (Å²) >= 11 is 0. The third kappa shape index (κ3) is 15.1. The van der Waals surface area contributed by atoms with E-state index in [9.17, 15) is 14.9 Å². The Balaban J connectivity index is 1.27. The molecule has 0 aliphatic carbocycles. The van der Waals surface area contributed by atoms with Gasteiger partial charge in [0.1, 0.15) is 24.7 Å². The zero-order chi connectivity index (χ0) is 27.3. The minimum absolute atomic E-state index is 0.0241. The Kier molecular flexibility index (Phi) is 16.1. The Hall–Kier alpha value is -3.29. The van der Waals surface area contributed by atoms with Crippen LogP contribution in [0.2, 0.25) is 0 Å². The molecule has 0 radical (unpaired) electrons. The lowest BCUT2D eigenvalue weighted by Crippen LogP contribution is -2.15. The number of non-ortho nitro benzene ring substituents is 1. The molecule has 2 rings (SSSR count). The zero-order valence-corrected chi connectivity index (χ0v) is 21.6. The molecule has 38 heavy (non-hydrogen) atoms. The molecule has 0 saturated heterocycles. The molecular formula is C26H36N2O10. The number of benzene rings is 2. The first kappa shape index (κ1) is 30.9. The molecule has 210 valence electrons. The van der Waals surface area contributed by atoms with Crippen LogP contribution < -0.4 is 14.8 Å². The van der Waals surface area contributed by atoms with Crippen molar-refractivity contribution in [3.05, 3.63) is 58.6 Å². The summed E-state index contributed by atoms with van der Waals surface area (Å²) in [6.07, 6.45) is 0. The SMILES string of the molecule is CC(=O)Nc1ccc(OCCOCCOCCOCCOCCOCCOc2ccc([N+](=O)[O-])cc2)cc1. The number of hydrogen-bond acceptors (Lipinski definition) is 10. The highest BCUT2D eigenvalue weighted by atomic mass is 16.6. The van der Waals surface area contributed by atoms with E-state index in [1.54, 1.807) is 36.4 Å². The summed E-state index contributed by atoms with van der Waals surface area (Å²) < 4.78 is 38.2. The van der Waals surface area contributed by atoms with Crippen molar-refractivity contribution in [2.24, 2.45) is 0 Å². The van der Waals surface area contributed by atoms with E-state index >= 15 is 0 Å². The first-order valence-corrected chi connectivity index (χ1v) is 12.3. The van der Waals surface area contributed by atoms with E-state index < -0.39 is 4.92 Å². The monoisotopic (exact) mass is 536 g/mol. The molecule has 0 heterocycles. The van der Waals surface area contributed by atoms with E-state index in [0.717, 1.165) is 5.69 Å². The Morgan fingerprint density at radius 1 is 0.632 bits per heavy atom. The average Bonchev–Trinajstić information content (AvgIpc) is 2.91. The second kappa shape index (κ2) is 19.8. The molecule has 0 saturated carbocycles. The molecule has 0 fully saturated rings. The fourth-order valence-corrected chi connectivity index (χ4v) is 2.92. The van der Waals surface area contributed by atoms with Crippen LogP contribution >= 0.6 is 0 Å². The highest BCUT2D eigenvalue weighted by molar-refractivity contribution is 5.88. The first-order chi connectivity index (χ1) is 18.5. The number of rotatable bonds is 22. The topological polar surface area (TPSA) is 137 Å². The van der Waals surface area contributed by atoms with E-state index in [2.05, 4.69) is 5.32 Å². The molecule has 1 N–H and O–H groups in total. The molecule has 0 aromatic heterocycles.